The van der Waals surface area contributed by atoms with Gasteiger partial charge in [-0.3, -0.25) is 14.4 Å². The fourth-order valence-electron chi connectivity index (χ4n) is 3.53. The number of imide groups is 1. The highest BCUT2D eigenvalue weighted by Crippen LogP contribution is 2.24. The van der Waals surface area contributed by atoms with Crippen molar-refractivity contribution in [2.45, 2.75) is 89.9 Å². The predicted molar refractivity (Wildman–Crippen MR) is 91.1 cm³/mol. The molecule has 0 N–H and O–H groups in total. The minimum Gasteiger partial charge on any atom is -0.330 e. The molecule has 1 saturated carbocycles. The van der Waals surface area contributed by atoms with Crippen molar-refractivity contribution in [2.24, 2.45) is 5.92 Å². The average molecular weight is 351 g/mol. The van der Waals surface area contributed by atoms with Gasteiger partial charge in [0.15, 0.2) is 0 Å². The molecule has 0 atom stereocenters. The Morgan fingerprint density at radius 3 is 2.04 bits per heavy atom. The van der Waals surface area contributed by atoms with Crippen molar-refractivity contribution in [1.82, 2.24) is 5.06 Å². The Morgan fingerprint density at radius 2 is 1.40 bits per heavy atom. The van der Waals surface area contributed by atoms with E-state index < -0.39 is 17.8 Å². The minimum absolute atomic E-state index is 0.107. The highest BCUT2D eigenvalue weighted by molar-refractivity contribution is 6.01. The molecule has 0 unspecified atom stereocenters. The van der Waals surface area contributed by atoms with Crippen LogP contribution in [0.2, 0.25) is 0 Å². The minimum atomic E-state index is -0.560. The molecule has 0 spiro atoms. The summed E-state index contributed by atoms with van der Waals surface area (Å²) < 4.78 is 0. The zero-order valence-corrected chi connectivity index (χ0v) is 15.0. The second-order valence-electron chi connectivity index (χ2n) is 7.11. The van der Waals surface area contributed by atoms with Crippen LogP contribution in [0, 0.1) is 5.92 Å². The van der Waals surface area contributed by atoms with Crippen LogP contribution in [0.1, 0.15) is 89.9 Å². The first-order chi connectivity index (χ1) is 12.1. The molecule has 0 aromatic carbocycles. The highest BCUT2D eigenvalue weighted by atomic mass is 16.7. The predicted octanol–water partition coefficient (Wildman–Crippen LogP) is 3.47. The molecule has 2 amide bonds. The largest absolute Gasteiger partial charge is 0.333 e. The lowest BCUT2D eigenvalue weighted by molar-refractivity contribution is -0.197. The maximum Gasteiger partial charge on any atom is 0.333 e. The number of rotatable bonds is 8. The van der Waals surface area contributed by atoms with Gasteiger partial charge in [0.25, 0.3) is 11.8 Å². The topological polar surface area (TPSA) is 80.8 Å². The third-order valence-electron chi connectivity index (χ3n) is 5.06. The van der Waals surface area contributed by atoms with Crippen LogP contribution in [0.25, 0.3) is 0 Å². The van der Waals surface area contributed by atoms with E-state index in [4.69, 9.17) is 4.84 Å². The lowest BCUT2D eigenvalue weighted by Crippen LogP contribution is -2.31. The van der Waals surface area contributed by atoms with Gasteiger partial charge in [0, 0.05) is 31.6 Å². The maximum absolute atomic E-state index is 12.3. The summed E-state index contributed by atoms with van der Waals surface area (Å²) in [5, 5.41) is 0.584. The fourth-order valence-corrected chi connectivity index (χ4v) is 3.53. The molecule has 6 nitrogen and oxygen atoms in total. The van der Waals surface area contributed by atoms with Crippen LogP contribution in [0.5, 0.6) is 0 Å². The Hall–Kier alpha value is -1.72. The first-order valence-corrected chi connectivity index (χ1v) is 9.67. The summed E-state index contributed by atoms with van der Waals surface area (Å²) >= 11 is 0. The summed E-state index contributed by atoms with van der Waals surface area (Å²) in [6, 6.07) is 0. The van der Waals surface area contributed by atoms with Crippen molar-refractivity contribution >= 4 is 23.6 Å². The van der Waals surface area contributed by atoms with Gasteiger partial charge in [0.05, 0.1) is 0 Å². The van der Waals surface area contributed by atoms with Gasteiger partial charge in [-0.15, -0.1) is 5.06 Å². The quantitative estimate of drug-likeness (QED) is 0.494. The molecule has 6 heteroatoms. The second-order valence-corrected chi connectivity index (χ2v) is 7.11. The first-order valence-electron chi connectivity index (χ1n) is 9.67. The van der Waals surface area contributed by atoms with E-state index in [-0.39, 0.29) is 25.2 Å². The molecule has 1 aliphatic heterocycles. The Labute approximate surface area is 149 Å². The van der Waals surface area contributed by atoms with Gasteiger partial charge in [-0.05, 0) is 25.7 Å². The number of hydrogen-bond donors (Lipinski definition) is 0. The Bertz CT molecular complexity index is 478. The van der Waals surface area contributed by atoms with E-state index in [1.165, 1.54) is 19.3 Å². The smallest absolute Gasteiger partial charge is 0.330 e. The van der Waals surface area contributed by atoms with Crippen molar-refractivity contribution in [3.63, 3.8) is 0 Å². The summed E-state index contributed by atoms with van der Waals surface area (Å²) in [4.78, 5) is 51.5. The van der Waals surface area contributed by atoms with Gasteiger partial charge >= 0.3 is 5.97 Å². The van der Waals surface area contributed by atoms with Gasteiger partial charge < -0.3 is 4.84 Å². The monoisotopic (exact) mass is 351 g/mol. The molecular weight excluding hydrogens is 322 g/mol. The summed E-state index contributed by atoms with van der Waals surface area (Å²) in [7, 11) is 0. The summed E-state index contributed by atoms with van der Waals surface area (Å²) in [5.41, 5.74) is 0. The van der Waals surface area contributed by atoms with Gasteiger partial charge in [0.1, 0.15) is 5.78 Å². The van der Waals surface area contributed by atoms with Crippen molar-refractivity contribution in [2.75, 3.05) is 0 Å². The summed E-state index contributed by atoms with van der Waals surface area (Å²) in [5.74, 6) is -0.864. The van der Waals surface area contributed by atoms with E-state index in [0.717, 1.165) is 38.5 Å². The summed E-state index contributed by atoms with van der Waals surface area (Å²) in [6.07, 6.45) is 11.3. The summed E-state index contributed by atoms with van der Waals surface area (Å²) in [6.45, 7) is 0. The fraction of sp³-hybridized carbons (Fsp3) is 0.789. The third-order valence-corrected chi connectivity index (χ3v) is 5.06. The molecular formula is C19H29NO5. The second kappa shape index (κ2) is 10.3. The van der Waals surface area contributed by atoms with E-state index in [0.29, 0.717) is 23.7 Å². The zero-order valence-electron chi connectivity index (χ0n) is 15.0. The highest BCUT2D eigenvalue weighted by Gasteiger charge is 2.32. The first kappa shape index (κ1) is 19.6. The van der Waals surface area contributed by atoms with Crippen LogP contribution < -0.4 is 0 Å². The van der Waals surface area contributed by atoms with E-state index in [2.05, 4.69) is 0 Å². The molecule has 1 heterocycles. The van der Waals surface area contributed by atoms with Crippen LogP contribution in [0.3, 0.4) is 0 Å². The number of hydroxylamine groups is 2. The van der Waals surface area contributed by atoms with Crippen molar-refractivity contribution in [3.05, 3.63) is 0 Å². The number of hydrogen-bond acceptors (Lipinski definition) is 5. The van der Waals surface area contributed by atoms with Crippen molar-refractivity contribution in [3.8, 4) is 0 Å². The molecule has 2 rings (SSSR count). The van der Waals surface area contributed by atoms with Crippen molar-refractivity contribution in [1.29, 1.82) is 0 Å². The van der Waals surface area contributed by atoms with Crippen LogP contribution in [-0.4, -0.2) is 28.6 Å². The number of Topliss-reactive ketones (excluding diaryl/α,β-unsaturated/α-hetero) is 1. The molecule has 2 fully saturated rings. The van der Waals surface area contributed by atoms with Crippen molar-refractivity contribution < 1.29 is 24.0 Å². The molecule has 140 valence electrons. The van der Waals surface area contributed by atoms with Crippen LogP contribution in [0.4, 0.5) is 0 Å². The molecule has 1 aliphatic carbocycles. The van der Waals surface area contributed by atoms with Crippen LogP contribution >= 0.6 is 0 Å². The zero-order chi connectivity index (χ0) is 18.1. The third kappa shape index (κ3) is 6.59. The molecule has 25 heavy (non-hydrogen) atoms. The van der Waals surface area contributed by atoms with Crippen LogP contribution in [-0.2, 0) is 24.0 Å². The molecule has 2 aliphatic rings. The number of carbonyl (C=O) groups is 4. The Morgan fingerprint density at radius 1 is 0.840 bits per heavy atom. The molecule has 0 aromatic rings. The van der Waals surface area contributed by atoms with Gasteiger partial charge in [-0.2, -0.15) is 0 Å². The number of amides is 2. The van der Waals surface area contributed by atoms with Gasteiger partial charge in [0.2, 0.25) is 0 Å². The number of unbranched alkanes of at least 4 members (excludes halogenated alkanes) is 2. The molecule has 0 bridgehead atoms. The normalized spacial score (nSPS) is 19.6. The van der Waals surface area contributed by atoms with E-state index in [9.17, 15) is 19.2 Å². The molecule has 0 radical (unpaired) electrons. The van der Waals surface area contributed by atoms with E-state index in [1.807, 2.05) is 0 Å². The lowest BCUT2D eigenvalue weighted by atomic mass is 9.86. The standard InChI is InChI=1S/C19H29NO5/c21-16(15-9-5-2-1-3-6-10-15)11-7-4-8-12-19(24)25-20-17(22)13-14-18(20)23/h15H,1-14H2. The van der Waals surface area contributed by atoms with Crippen LogP contribution in [0.15, 0.2) is 0 Å². The van der Waals surface area contributed by atoms with E-state index >= 15 is 0 Å². The average Bonchev–Trinajstić information content (AvgIpc) is 2.86. The molecule has 0 aromatic heterocycles. The molecule has 1 saturated heterocycles. The Kier molecular flexibility index (Phi) is 8.09. The van der Waals surface area contributed by atoms with Gasteiger partial charge in [-0.25, -0.2) is 4.79 Å². The number of nitrogens with zero attached hydrogens (tertiary/aromatic N) is 1. The lowest BCUT2D eigenvalue weighted by Gasteiger charge is -2.18. The number of carbonyl (C=O) groups excluding carboxylic acids is 4. The SMILES string of the molecule is O=C(CCCCCC(=O)C1CCCCCCC1)ON1C(=O)CCC1=O. The number of ketones is 1. The van der Waals surface area contributed by atoms with Gasteiger partial charge in [-0.1, -0.05) is 38.5 Å². The van der Waals surface area contributed by atoms with E-state index in [1.54, 1.807) is 0 Å². The maximum atomic E-state index is 12.3. The Balaban J connectivity index is 1.56.